The Morgan fingerprint density at radius 1 is 1.32 bits per heavy atom. The van der Waals surface area contributed by atoms with Crippen LogP contribution in [0.4, 0.5) is 15.8 Å². The van der Waals surface area contributed by atoms with Gasteiger partial charge in [-0.25, -0.2) is 4.39 Å². The predicted molar refractivity (Wildman–Crippen MR) is 77.6 cm³/mol. The Morgan fingerprint density at radius 3 is 2.74 bits per heavy atom. The number of nitrogen functional groups attached to an aromatic ring is 1. The Kier molecular flexibility index (Phi) is 3.85. The fourth-order valence-corrected chi connectivity index (χ4v) is 2.05. The van der Waals surface area contributed by atoms with Crippen LogP contribution in [0.5, 0.6) is 0 Å². The van der Waals surface area contributed by atoms with Gasteiger partial charge in [0.05, 0.1) is 4.47 Å². The monoisotopic (exact) mass is 322 g/mol. The number of amides is 1. The molecule has 5 heteroatoms. The molecule has 0 unspecified atom stereocenters. The maximum absolute atomic E-state index is 13.1. The van der Waals surface area contributed by atoms with E-state index < -0.39 is 0 Å². The molecule has 0 aliphatic carbocycles. The fraction of sp³-hybridized carbons (Fsp3) is 0.0714. The number of hydrogen-bond donors (Lipinski definition) is 2. The molecule has 0 aliphatic rings. The van der Waals surface area contributed by atoms with Gasteiger partial charge in [-0.2, -0.15) is 0 Å². The first-order valence-electron chi connectivity index (χ1n) is 5.60. The van der Waals surface area contributed by atoms with Crippen LogP contribution in [-0.2, 0) is 0 Å². The summed E-state index contributed by atoms with van der Waals surface area (Å²) in [6, 6.07) is 9.44. The van der Waals surface area contributed by atoms with Crippen molar-refractivity contribution >= 4 is 33.2 Å². The zero-order chi connectivity index (χ0) is 14.0. The lowest BCUT2D eigenvalue weighted by Crippen LogP contribution is -2.14. The first-order chi connectivity index (χ1) is 8.99. The quantitative estimate of drug-likeness (QED) is 0.828. The summed E-state index contributed by atoms with van der Waals surface area (Å²) >= 11 is 3.07. The smallest absolute Gasteiger partial charge is 0.256 e. The van der Waals surface area contributed by atoms with E-state index in [1.165, 1.54) is 18.2 Å². The average molecular weight is 323 g/mol. The van der Waals surface area contributed by atoms with Crippen molar-refractivity contribution in [2.45, 2.75) is 6.92 Å². The van der Waals surface area contributed by atoms with Crippen LogP contribution in [0.15, 0.2) is 40.9 Å². The van der Waals surface area contributed by atoms with Crippen LogP contribution in [0.1, 0.15) is 15.9 Å². The number of anilines is 2. The van der Waals surface area contributed by atoms with E-state index in [4.69, 9.17) is 5.73 Å². The van der Waals surface area contributed by atoms with Gasteiger partial charge in [0.15, 0.2) is 0 Å². The van der Waals surface area contributed by atoms with E-state index in [1.807, 2.05) is 0 Å². The summed E-state index contributed by atoms with van der Waals surface area (Å²) in [4.78, 5) is 12.1. The fourth-order valence-electron chi connectivity index (χ4n) is 1.67. The number of benzene rings is 2. The van der Waals surface area contributed by atoms with Gasteiger partial charge in [-0.1, -0.05) is 6.07 Å². The molecular formula is C14H12BrFN2O. The molecule has 0 fully saturated rings. The van der Waals surface area contributed by atoms with Crippen molar-refractivity contribution in [2.24, 2.45) is 0 Å². The van der Waals surface area contributed by atoms with Gasteiger partial charge in [-0.15, -0.1) is 0 Å². The van der Waals surface area contributed by atoms with E-state index in [1.54, 1.807) is 25.1 Å². The summed E-state index contributed by atoms with van der Waals surface area (Å²) in [5.74, 6) is -0.651. The van der Waals surface area contributed by atoms with E-state index >= 15 is 0 Å². The molecule has 0 bridgehead atoms. The number of nitrogens with two attached hydrogens (primary N) is 1. The van der Waals surface area contributed by atoms with Crippen molar-refractivity contribution in [1.29, 1.82) is 0 Å². The molecule has 0 aliphatic heterocycles. The molecule has 3 nitrogen and oxygen atoms in total. The summed E-state index contributed by atoms with van der Waals surface area (Å²) < 4.78 is 13.4. The average Bonchev–Trinajstić information content (AvgIpc) is 2.37. The second-order valence-electron chi connectivity index (χ2n) is 4.10. The molecule has 0 radical (unpaired) electrons. The topological polar surface area (TPSA) is 55.1 Å². The Morgan fingerprint density at radius 2 is 2.05 bits per heavy atom. The number of nitrogens with one attached hydrogen (secondary N) is 1. The molecule has 0 saturated heterocycles. The second-order valence-corrected chi connectivity index (χ2v) is 4.96. The zero-order valence-electron chi connectivity index (χ0n) is 10.2. The maximum atomic E-state index is 13.1. The lowest BCUT2D eigenvalue weighted by atomic mass is 10.1. The van der Waals surface area contributed by atoms with E-state index in [-0.39, 0.29) is 11.7 Å². The summed E-state index contributed by atoms with van der Waals surface area (Å²) in [5, 5.41) is 2.70. The molecule has 0 saturated carbocycles. The number of rotatable bonds is 2. The number of carbonyl (C=O) groups is 1. The highest BCUT2D eigenvalue weighted by Crippen LogP contribution is 2.22. The van der Waals surface area contributed by atoms with Crippen LogP contribution in [0.25, 0.3) is 0 Å². The summed E-state index contributed by atoms with van der Waals surface area (Å²) in [6.07, 6.45) is 0. The van der Waals surface area contributed by atoms with Crippen LogP contribution in [-0.4, -0.2) is 5.91 Å². The van der Waals surface area contributed by atoms with Crippen molar-refractivity contribution < 1.29 is 9.18 Å². The molecule has 0 spiro atoms. The lowest BCUT2D eigenvalue weighted by Gasteiger charge is -2.09. The summed E-state index contributed by atoms with van der Waals surface area (Å²) in [5.41, 5.74) is 8.06. The highest BCUT2D eigenvalue weighted by atomic mass is 79.9. The van der Waals surface area contributed by atoms with Gasteiger partial charge in [-0.05, 0) is 58.7 Å². The van der Waals surface area contributed by atoms with Crippen LogP contribution < -0.4 is 11.1 Å². The van der Waals surface area contributed by atoms with Crippen molar-refractivity contribution in [3.8, 4) is 0 Å². The minimum Gasteiger partial charge on any atom is -0.398 e. The molecule has 98 valence electrons. The molecule has 19 heavy (non-hydrogen) atoms. The minimum atomic E-state index is -0.377. The Balaban J connectivity index is 2.26. The van der Waals surface area contributed by atoms with Crippen molar-refractivity contribution in [3.05, 3.63) is 57.8 Å². The van der Waals surface area contributed by atoms with Crippen LogP contribution in [0, 0.1) is 12.7 Å². The van der Waals surface area contributed by atoms with Gasteiger partial charge in [0.2, 0.25) is 0 Å². The number of hydrogen-bond acceptors (Lipinski definition) is 2. The Hall–Kier alpha value is -1.88. The molecule has 2 aromatic rings. The van der Waals surface area contributed by atoms with E-state index in [9.17, 15) is 9.18 Å². The minimum absolute atomic E-state index is 0.275. The highest BCUT2D eigenvalue weighted by Gasteiger charge is 2.11. The van der Waals surface area contributed by atoms with Crippen LogP contribution in [0.3, 0.4) is 0 Å². The summed E-state index contributed by atoms with van der Waals surface area (Å²) in [6.45, 7) is 1.78. The highest BCUT2D eigenvalue weighted by molar-refractivity contribution is 9.10. The van der Waals surface area contributed by atoms with Crippen LogP contribution in [0.2, 0.25) is 0 Å². The predicted octanol–water partition coefficient (Wildman–Crippen LogP) is 3.73. The van der Waals surface area contributed by atoms with Gasteiger partial charge >= 0.3 is 0 Å². The SMILES string of the molecule is Cc1c(N)cccc1C(=O)Nc1ccc(F)c(Br)c1. The number of halogens is 2. The Labute approximate surface area is 118 Å². The third-order valence-electron chi connectivity index (χ3n) is 2.80. The normalized spacial score (nSPS) is 10.3. The molecule has 0 heterocycles. The summed E-state index contributed by atoms with van der Waals surface area (Å²) in [7, 11) is 0. The molecule has 2 aromatic carbocycles. The largest absolute Gasteiger partial charge is 0.398 e. The molecule has 0 atom stereocenters. The Bertz CT molecular complexity index is 643. The van der Waals surface area contributed by atoms with Gasteiger partial charge in [0.1, 0.15) is 5.82 Å². The molecule has 1 amide bonds. The molecule has 2 rings (SSSR count). The maximum Gasteiger partial charge on any atom is 0.256 e. The van der Waals surface area contributed by atoms with Crippen molar-refractivity contribution in [3.63, 3.8) is 0 Å². The molecule has 0 aromatic heterocycles. The van der Waals surface area contributed by atoms with Gasteiger partial charge in [0, 0.05) is 16.9 Å². The van der Waals surface area contributed by atoms with E-state index in [0.717, 1.165) is 5.56 Å². The number of carbonyl (C=O) groups excluding carboxylic acids is 1. The second kappa shape index (κ2) is 5.40. The van der Waals surface area contributed by atoms with Crippen molar-refractivity contribution in [1.82, 2.24) is 0 Å². The lowest BCUT2D eigenvalue weighted by molar-refractivity contribution is 0.102. The van der Waals surface area contributed by atoms with E-state index in [2.05, 4.69) is 21.2 Å². The standard InChI is InChI=1S/C14H12BrFN2O/c1-8-10(3-2-4-13(8)17)14(19)18-9-5-6-12(16)11(15)7-9/h2-7H,17H2,1H3,(H,18,19). The molecule has 3 N–H and O–H groups in total. The van der Waals surface area contributed by atoms with Gasteiger partial charge < -0.3 is 11.1 Å². The molecular weight excluding hydrogens is 311 g/mol. The van der Waals surface area contributed by atoms with Gasteiger partial charge in [-0.3, -0.25) is 4.79 Å². The third-order valence-corrected chi connectivity index (χ3v) is 3.41. The van der Waals surface area contributed by atoms with E-state index in [0.29, 0.717) is 21.4 Å². The third kappa shape index (κ3) is 2.93. The first-order valence-corrected chi connectivity index (χ1v) is 6.40. The zero-order valence-corrected chi connectivity index (χ0v) is 11.8. The first kappa shape index (κ1) is 13.5. The van der Waals surface area contributed by atoms with Crippen molar-refractivity contribution in [2.75, 3.05) is 11.1 Å². The van der Waals surface area contributed by atoms with Crippen LogP contribution >= 0.6 is 15.9 Å². The van der Waals surface area contributed by atoms with Gasteiger partial charge in [0.25, 0.3) is 5.91 Å².